The lowest BCUT2D eigenvalue weighted by Crippen LogP contribution is -2.15. The SMILES string of the molecule is C(=Nc1ccc2c(c1)OCCOCCOCCOCCOCCO2)c1ccccn1. The topological polar surface area (TPSA) is 80.6 Å². The Bertz CT molecular complexity index is 757. The number of aliphatic imine (C=N–C) groups is 1. The van der Waals surface area contributed by atoms with Crippen LogP contribution in [-0.2, 0) is 18.9 Å². The fourth-order valence-electron chi connectivity index (χ4n) is 2.59. The first-order chi connectivity index (χ1) is 14.9. The number of benzene rings is 1. The molecule has 0 N–H and O–H groups in total. The third kappa shape index (κ3) is 8.46. The number of rotatable bonds is 2. The number of hydrogen-bond acceptors (Lipinski definition) is 8. The Kier molecular flexibility index (Phi) is 10.1. The quantitative estimate of drug-likeness (QED) is 0.696. The molecule has 1 aromatic carbocycles. The van der Waals surface area contributed by atoms with Crippen molar-refractivity contribution < 1.29 is 28.4 Å². The first kappa shape index (κ1) is 22.2. The van der Waals surface area contributed by atoms with E-state index in [1.165, 1.54) is 0 Å². The van der Waals surface area contributed by atoms with Gasteiger partial charge in [0.1, 0.15) is 13.2 Å². The number of ether oxygens (including phenoxy) is 6. The second kappa shape index (κ2) is 13.7. The van der Waals surface area contributed by atoms with Crippen molar-refractivity contribution in [3.05, 3.63) is 48.3 Å². The van der Waals surface area contributed by atoms with Gasteiger partial charge in [-0.3, -0.25) is 9.98 Å². The molecule has 30 heavy (non-hydrogen) atoms. The summed E-state index contributed by atoms with van der Waals surface area (Å²) < 4.78 is 33.7. The Morgan fingerprint density at radius 1 is 0.667 bits per heavy atom. The van der Waals surface area contributed by atoms with E-state index in [1.807, 2.05) is 36.4 Å². The molecule has 0 atom stereocenters. The maximum atomic E-state index is 5.88. The molecule has 0 bridgehead atoms. The molecule has 0 saturated carbocycles. The van der Waals surface area contributed by atoms with Crippen LogP contribution in [0, 0.1) is 0 Å². The minimum atomic E-state index is 0.392. The molecule has 8 nitrogen and oxygen atoms in total. The van der Waals surface area contributed by atoms with Crippen molar-refractivity contribution in [2.75, 3.05) is 66.1 Å². The van der Waals surface area contributed by atoms with Crippen LogP contribution in [0.5, 0.6) is 11.5 Å². The van der Waals surface area contributed by atoms with Gasteiger partial charge in [0.05, 0.1) is 70.5 Å². The number of fused-ring (bicyclic) bond motifs is 1. The third-order valence-corrected chi connectivity index (χ3v) is 4.05. The lowest BCUT2D eigenvalue weighted by molar-refractivity contribution is -0.00841. The van der Waals surface area contributed by atoms with Crippen molar-refractivity contribution in [3.8, 4) is 11.5 Å². The molecule has 0 saturated heterocycles. The van der Waals surface area contributed by atoms with E-state index in [1.54, 1.807) is 12.4 Å². The fraction of sp³-hybridized carbons (Fsp3) is 0.455. The molecule has 1 aromatic heterocycles. The second-order valence-electron chi connectivity index (χ2n) is 6.29. The molecule has 0 fully saturated rings. The van der Waals surface area contributed by atoms with E-state index in [4.69, 9.17) is 28.4 Å². The van der Waals surface area contributed by atoms with E-state index < -0.39 is 0 Å². The van der Waals surface area contributed by atoms with Crippen LogP contribution in [0.4, 0.5) is 5.69 Å². The lowest BCUT2D eigenvalue weighted by atomic mass is 10.2. The summed E-state index contributed by atoms with van der Waals surface area (Å²) in [5, 5.41) is 0. The number of pyridine rings is 1. The average Bonchev–Trinajstić information content (AvgIpc) is 2.78. The van der Waals surface area contributed by atoms with E-state index >= 15 is 0 Å². The molecule has 0 amide bonds. The van der Waals surface area contributed by atoms with Crippen LogP contribution >= 0.6 is 0 Å². The van der Waals surface area contributed by atoms with Gasteiger partial charge in [0.15, 0.2) is 11.5 Å². The Balaban J connectivity index is 1.61. The first-order valence-corrected chi connectivity index (χ1v) is 10.1. The summed E-state index contributed by atoms with van der Waals surface area (Å²) in [6.07, 6.45) is 3.44. The standard InChI is InChI=1S/C22H28N2O6/c1-2-6-23-20(3-1)18-24-19-4-5-21-22(17-19)30-16-14-28-12-10-26-8-7-25-9-11-27-13-15-29-21/h1-6,17-18H,7-16H2. The van der Waals surface area contributed by atoms with Crippen molar-refractivity contribution in [1.29, 1.82) is 0 Å². The molecule has 1 aliphatic heterocycles. The molecule has 0 spiro atoms. The molecule has 0 aliphatic carbocycles. The van der Waals surface area contributed by atoms with E-state index in [-0.39, 0.29) is 0 Å². The molecular formula is C22H28N2O6. The molecule has 0 unspecified atom stereocenters. The number of nitrogens with zero attached hydrogens (tertiary/aromatic N) is 2. The predicted molar refractivity (Wildman–Crippen MR) is 112 cm³/mol. The number of hydrogen-bond donors (Lipinski definition) is 0. The van der Waals surface area contributed by atoms with Crippen molar-refractivity contribution in [1.82, 2.24) is 4.98 Å². The van der Waals surface area contributed by atoms with Crippen molar-refractivity contribution >= 4 is 11.9 Å². The minimum Gasteiger partial charge on any atom is -0.487 e. The van der Waals surface area contributed by atoms with Crippen LogP contribution in [-0.4, -0.2) is 77.3 Å². The molecule has 0 radical (unpaired) electrons. The van der Waals surface area contributed by atoms with Crippen molar-refractivity contribution in [2.24, 2.45) is 4.99 Å². The van der Waals surface area contributed by atoms with Crippen LogP contribution < -0.4 is 9.47 Å². The van der Waals surface area contributed by atoms with Gasteiger partial charge in [-0.05, 0) is 24.3 Å². The predicted octanol–water partition coefficient (Wildman–Crippen LogP) is 2.67. The zero-order chi connectivity index (χ0) is 20.7. The van der Waals surface area contributed by atoms with Crippen molar-refractivity contribution in [3.63, 3.8) is 0 Å². The molecule has 2 aromatic rings. The van der Waals surface area contributed by atoms with E-state index in [2.05, 4.69) is 9.98 Å². The second-order valence-corrected chi connectivity index (χ2v) is 6.29. The first-order valence-electron chi connectivity index (χ1n) is 10.1. The normalized spacial score (nSPS) is 17.9. The summed E-state index contributed by atoms with van der Waals surface area (Å²) in [4.78, 5) is 8.71. The lowest BCUT2D eigenvalue weighted by Gasteiger charge is -2.14. The Hall–Kier alpha value is -2.52. The van der Waals surface area contributed by atoms with Crippen LogP contribution in [0.1, 0.15) is 5.69 Å². The minimum absolute atomic E-state index is 0.392. The highest BCUT2D eigenvalue weighted by Gasteiger charge is 2.07. The summed E-state index contributed by atoms with van der Waals surface area (Å²) in [6.45, 7) is 4.85. The van der Waals surface area contributed by atoms with Crippen LogP contribution in [0.25, 0.3) is 0 Å². The maximum Gasteiger partial charge on any atom is 0.163 e. The summed E-state index contributed by atoms with van der Waals surface area (Å²) in [6, 6.07) is 11.2. The van der Waals surface area contributed by atoms with Crippen LogP contribution in [0.3, 0.4) is 0 Å². The fourth-order valence-corrected chi connectivity index (χ4v) is 2.59. The van der Waals surface area contributed by atoms with Gasteiger partial charge in [0, 0.05) is 12.3 Å². The molecule has 8 heteroatoms. The zero-order valence-corrected chi connectivity index (χ0v) is 17.0. The highest BCUT2D eigenvalue weighted by Crippen LogP contribution is 2.31. The average molecular weight is 416 g/mol. The van der Waals surface area contributed by atoms with Gasteiger partial charge in [-0.25, -0.2) is 0 Å². The Labute approximate surface area is 176 Å². The molecule has 3 rings (SSSR count). The van der Waals surface area contributed by atoms with Gasteiger partial charge >= 0.3 is 0 Å². The highest BCUT2D eigenvalue weighted by atomic mass is 16.6. The van der Waals surface area contributed by atoms with Crippen LogP contribution in [0.15, 0.2) is 47.6 Å². The summed E-state index contributed by atoms with van der Waals surface area (Å²) >= 11 is 0. The number of aromatic nitrogens is 1. The summed E-state index contributed by atoms with van der Waals surface area (Å²) in [7, 11) is 0. The van der Waals surface area contributed by atoms with E-state index in [0.29, 0.717) is 77.6 Å². The van der Waals surface area contributed by atoms with Crippen LogP contribution in [0.2, 0.25) is 0 Å². The third-order valence-electron chi connectivity index (χ3n) is 4.05. The highest BCUT2D eigenvalue weighted by molar-refractivity contribution is 5.79. The van der Waals surface area contributed by atoms with E-state index in [0.717, 1.165) is 11.4 Å². The van der Waals surface area contributed by atoms with Gasteiger partial charge in [-0.15, -0.1) is 0 Å². The van der Waals surface area contributed by atoms with Gasteiger partial charge < -0.3 is 28.4 Å². The summed E-state index contributed by atoms with van der Waals surface area (Å²) in [5.41, 5.74) is 1.53. The van der Waals surface area contributed by atoms with Gasteiger partial charge in [0.25, 0.3) is 0 Å². The Morgan fingerprint density at radius 2 is 1.27 bits per heavy atom. The molecular weight excluding hydrogens is 388 g/mol. The smallest absolute Gasteiger partial charge is 0.163 e. The molecule has 1 aliphatic rings. The van der Waals surface area contributed by atoms with Gasteiger partial charge in [-0.2, -0.15) is 0 Å². The van der Waals surface area contributed by atoms with Gasteiger partial charge in [-0.1, -0.05) is 6.07 Å². The monoisotopic (exact) mass is 416 g/mol. The maximum absolute atomic E-state index is 5.88. The molecule has 2 heterocycles. The zero-order valence-electron chi connectivity index (χ0n) is 17.0. The summed E-state index contributed by atoms with van der Waals surface area (Å²) in [5.74, 6) is 1.24. The Morgan fingerprint density at radius 3 is 1.87 bits per heavy atom. The van der Waals surface area contributed by atoms with E-state index in [9.17, 15) is 0 Å². The molecule has 162 valence electrons. The van der Waals surface area contributed by atoms with Gasteiger partial charge in [0.2, 0.25) is 0 Å². The van der Waals surface area contributed by atoms with Crippen molar-refractivity contribution in [2.45, 2.75) is 0 Å². The largest absolute Gasteiger partial charge is 0.487 e.